The van der Waals surface area contributed by atoms with Crippen molar-refractivity contribution in [1.29, 1.82) is 0 Å². The summed E-state index contributed by atoms with van der Waals surface area (Å²) in [7, 11) is 0. The first-order chi connectivity index (χ1) is 6.20. The number of hydrogen-bond acceptors (Lipinski definition) is 3. The minimum absolute atomic E-state index is 0.337. The van der Waals surface area contributed by atoms with Gasteiger partial charge in [-0.05, 0) is 28.1 Å². The SMILES string of the molecule is Nc1nc(Cl)c(Br)c2ncccc12. The number of pyridine rings is 2. The average Bonchev–Trinajstić information content (AvgIpc) is 2.15. The molecular weight excluding hydrogens is 253 g/mol. The molecule has 0 aliphatic carbocycles. The molecule has 5 heteroatoms. The largest absolute Gasteiger partial charge is 0.383 e. The van der Waals surface area contributed by atoms with Crippen LogP contribution >= 0.6 is 27.5 Å². The molecule has 0 bridgehead atoms. The molecule has 0 spiro atoms. The molecule has 0 atom stereocenters. The van der Waals surface area contributed by atoms with Crippen molar-refractivity contribution in [3.63, 3.8) is 0 Å². The van der Waals surface area contributed by atoms with Crippen molar-refractivity contribution < 1.29 is 0 Å². The number of halogens is 2. The van der Waals surface area contributed by atoms with Crippen molar-refractivity contribution in [1.82, 2.24) is 9.97 Å². The van der Waals surface area contributed by atoms with E-state index in [1.165, 1.54) is 0 Å². The molecule has 0 aliphatic heterocycles. The Kier molecular flexibility index (Phi) is 2.09. The molecule has 66 valence electrons. The molecule has 0 aliphatic rings. The molecule has 0 unspecified atom stereocenters. The van der Waals surface area contributed by atoms with Crippen LogP contribution in [0.5, 0.6) is 0 Å². The minimum atomic E-state index is 0.337. The van der Waals surface area contributed by atoms with E-state index >= 15 is 0 Å². The van der Waals surface area contributed by atoms with Crippen LogP contribution in [0.1, 0.15) is 0 Å². The highest BCUT2D eigenvalue weighted by Gasteiger charge is 2.08. The van der Waals surface area contributed by atoms with Gasteiger partial charge in [0.05, 0.1) is 9.99 Å². The van der Waals surface area contributed by atoms with Crippen molar-refractivity contribution in [2.45, 2.75) is 0 Å². The molecule has 2 N–H and O–H groups in total. The molecule has 0 aromatic carbocycles. The van der Waals surface area contributed by atoms with E-state index in [1.54, 1.807) is 12.3 Å². The summed E-state index contributed by atoms with van der Waals surface area (Å²) < 4.78 is 0.680. The van der Waals surface area contributed by atoms with E-state index in [9.17, 15) is 0 Å². The predicted octanol–water partition coefficient (Wildman–Crippen LogP) is 2.63. The van der Waals surface area contributed by atoms with E-state index in [-0.39, 0.29) is 0 Å². The molecule has 0 saturated heterocycles. The lowest BCUT2D eigenvalue weighted by atomic mass is 10.2. The number of aromatic nitrogens is 2. The zero-order valence-corrected chi connectivity index (χ0v) is 8.80. The molecule has 0 radical (unpaired) electrons. The van der Waals surface area contributed by atoms with Crippen LogP contribution in [0.15, 0.2) is 22.8 Å². The van der Waals surface area contributed by atoms with Crippen LogP contribution in [0, 0.1) is 0 Å². The maximum atomic E-state index is 5.81. The highest BCUT2D eigenvalue weighted by atomic mass is 79.9. The van der Waals surface area contributed by atoms with Crippen molar-refractivity contribution in [3.8, 4) is 0 Å². The zero-order chi connectivity index (χ0) is 9.42. The molecular formula is C8H5BrClN3. The average molecular weight is 259 g/mol. The van der Waals surface area contributed by atoms with E-state index in [1.807, 2.05) is 6.07 Å². The highest BCUT2D eigenvalue weighted by molar-refractivity contribution is 9.10. The topological polar surface area (TPSA) is 51.8 Å². The van der Waals surface area contributed by atoms with E-state index in [4.69, 9.17) is 17.3 Å². The first-order valence-corrected chi connectivity index (χ1v) is 4.72. The van der Waals surface area contributed by atoms with Gasteiger partial charge in [0.25, 0.3) is 0 Å². The first kappa shape index (κ1) is 8.72. The van der Waals surface area contributed by atoms with E-state index in [0.29, 0.717) is 15.4 Å². The van der Waals surface area contributed by atoms with Gasteiger partial charge in [-0.3, -0.25) is 4.98 Å². The minimum Gasteiger partial charge on any atom is -0.383 e. The van der Waals surface area contributed by atoms with Gasteiger partial charge < -0.3 is 5.73 Å². The van der Waals surface area contributed by atoms with Crippen molar-refractivity contribution in [2.75, 3.05) is 5.73 Å². The molecule has 2 aromatic rings. The van der Waals surface area contributed by atoms with Gasteiger partial charge in [0.2, 0.25) is 0 Å². The third-order valence-electron chi connectivity index (χ3n) is 1.69. The first-order valence-electron chi connectivity index (χ1n) is 3.55. The number of nitrogens with zero attached hydrogens (tertiary/aromatic N) is 2. The fourth-order valence-corrected chi connectivity index (χ4v) is 1.68. The Labute approximate surface area is 88.1 Å². The smallest absolute Gasteiger partial charge is 0.147 e. The molecule has 2 heterocycles. The quantitative estimate of drug-likeness (QED) is 0.739. The molecule has 0 saturated carbocycles. The maximum Gasteiger partial charge on any atom is 0.147 e. The summed E-state index contributed by atoms with van der Waals surface area (Å²) in [6.07, 6.45) is 1.68. The lowest BCUT2D eigenvalue weighted by Crippen LogP contribution is -1.94. The monoisotopic (exact) mass is 257 g/mol. The Morgan fingerprint density at radius 2 is 2.23 bits per heavy atom. The molecule has 2 rings (SSSR count). The highest BCUT2D eigenvalue weighted by Crippen LogP contribution is 2.30. The van der Waals surface area contributed by atoms with Crippen LogP contribution < -0.4 is 5.73 Å². The Hall–Kier alpha value is -0.870. The van der Waals surface area contributed by atoms with Crippen LogP contribution in [0.3, 0.4) is 0 Å². The van der Waals surface area contributed by atoms with Crippen LogP contribution in [0.4, 0.5) is 5.82 Å². The van der Waals surface area contributed by atoms with Gasteiger partial charge in [-0.15, -0.1) is 0 Å². The Bertz CT molecular complexity index is 472. The van der Waals surface area contributed by atoms with Crippen LogP contribution in [-0.4, -0.2) is 9.97 Å². The molecule has 0 amide bonds. The van der Waals surface area contributed by atoms with Crippen LogP contribution in [0.2, 0.25) is 5.15 Å². The fourth-order valence-electron chi connectivity index (χ4n) is 1.10. The van der Waals surface area contributed by atoms with Crippen LogP contribution in [-0.2, 0) is 0 Å². The maximum absolute atomic E-state index is 5.81. The van der Waals surface area contributed by atoms with Crippen LogP contribution in [0.25, 0.3) is 10.9 Å². The second kappa shape index (κ2) is 3.12. The normalized spacial score (nSPS) is 10.6. The predicted molar refractivity (Wildman–Crippen MR) is 56.7 cm³/mol. The molecule has 2 aromatic heterocycles. The van der Waals surface area contributed by atoms with Gasteiger partial charge in [-0.2, -0.15) is 0 Å². The van der Waals surface area contributed by atoms with Gasteiger partial charge in [-0.25, -0.2) is 4.98 Å². The van der Waals surface area contributed by atoms with Crippen molar-refractivity contribution >= 4 is 44.3 Å². The molecule has 0 fully saturated rings. The number of hydrogen-bond donors (Lipinski definition) is 1. The van der Waals surface area contributed by atoms with Gasteiger partial charge in [0.1, 0.15) is 11.0 Å². The standard InChI is InChI=1S/C8H5BrClN3/c9-5-6-4(2-1-3-12-6)8(11)13-7(5)10/h1-3H,(H2,11,13). The molecule has 13 heavy (non-hydrogen) atoms. The number of nitrogens with two attached hydrogens (primary N) is 1. The second-order valence-electron chi connectivity index (χ2n) is 2.50. The van der Waals surface area contributed by atoms with E-state index in [2.05, 4.69) is 25.9 Å². The summed E-state index contributed by atoms with van der Waals surface area (Å²) in [6.45, 7) is 0. The number of fused-ring (bicyclic) bond motifs is 1. The number of nitrogen functional groups attached to an aromatic ring is 1. The van der Waals surface area contributed by atoms with Gasteiger partial charge in [-0.1, -0.05) is 11.6 Å². The third kappa shape index (κ3) is 1.36. The lowest BCUT2D eigenvalue weighted by molar-refractivity contribution is 1.31. The third-order valence-corrected chi connectivity index (χ3v) is 2.94. The second-order valence-corrected chi connectivity index (χ2v) is 3.65. The lowest BCUT2D eigenvalue weighted by Gasteiger charge is -2.03. The van der Waals surface area contributed by atoms with E-state index < -0.39 is 0 Å². The number of anilines is 1. The van der Waals surface area contributed by atoms with E-state index in [0.717, 1.165) is 10.9 Å². The molecule has 3 nitrogen and oxygen atoms in total. The summed E-state index contributed by atoms with van der Waals surface area (Å²) in [4.78, 5) is 8.11. The summed E-state index contributed by atoms with van der Waals surface area (Å²) >= 11 is 9.12. The van der Waals surface area contributed by atoms with Gasteiger partial charge in [0, 0.05) is 11.6 Å². The summed E-state index contributed by atoms with van der Waals surface area (Å²) in [6, 6.07) is 3.66. The summed E-state index contributed by atoms with van der Waals surface area (Å²) in [5.74, 6) is 0.399. The summed E-state index contributed by atoms with van der Waals surface area (Å²) in [5.41, 5.74) is 6.41. The Morgan fingerprint density at radius 1 is 1.46 bits per heavy atom. The zero-order valence-electron chi connectivity index (χ0n) is 6.46. The number of rotatable bonds is 0. The fraction of sp³-hybridized carbons (Fsp3) is 0. The Morgan fingerprint density at radius 3 is 3.00 bits per heavy atom. The summed E-state index contributed by atoms with van der Waals surface area (Å²) in [5, 5.41) is 1.14. The van der Waals surface area contributed by atoms with Crippen molar-refractivity contribution in [3.05, 3.63) is 28.0 Å². The Balaban J connectivity index is 2.97. The van der Waals surface area contributed by atoms with Gasteiger partial charge in [0.15, 0.2) is 0 Å². The van der Waals surface area contributed by atoms with Gasteiger partial charge >= 0.3 is 0 Å². The van der Waals surface area contributed by atoms with Crippen molar-refractivity contribution in [2.24, 2.45) is 0 Å².